The van der Waals surface area contributed by atoms with E-state index in [9.17, 15) is 28.8 Å². The highest BCUT2D eigenvalue weighted by Crippen LogP contribution is 2.37. The average Bonchev–Trinajstić information content (AvgIpc) is 3.29. The molecule has 5 aromatic carbocycles. The van der Waals surface area contributed by atoms with E-state index in [0.717, 1.165) is 25.0 Å². The normalized spacial score (nSPS) is 12.0. The molecule has 342 valence electrons. The number of azo groups is 2. The molecule has 66 heavy (non-hydrogen) atoms. The Morgan fingerprint density at radius 1 is 0.530 bits per heavy atom. The number of para-hydroxylation sites is 2. The van der Waals surface area contributed by atoms with Gasteiger partial charge in [0.15, 0.2) is 11.6 Å². The van der Waals surface area contributed by atoms with Crippen molar-refractivity contribution in [2.45, 2.75) is 38.8 Å². The highest BCUT2D eigenvalue weighted by Gasteiger charge is 2.28. The number of alkyl halides is 2. The van der Waals surface area contributed by atoms with Crippen molar-refractivity contribution in [3.63, 3.8) is 0 Å². The fourth-order valence-corrected chi connectivity index (χ4v) is 7.00. The van der Waals surface area contributed by atoms with Gasteiger partial charge in [-0.2, -0.15) is 20.5 Å². The second-order valence-corrected chi connectivity index (χ2v) is 15.7. The molecule has 20 heteroatoms. The lowest BCUT2D eigenvalue weighted by Crippen LogP contribution is -2.32. The molecule has 0 heterocycles. The maximum atomic E-state index is 13.5. The third kappa shape index (κ3) is 13.2. The molecule has 0 fully saturated rings. The molecule has 0 aromatic heterocycles. The van der Waals surface area contributed by atoms with E-state index in [4.69, 9.17) is 55.9 Å². The Kier molecular flexibility index (Phi) is 18.3. The quantitative estimate of drug-likeness (QED) is 0.0333. The summed E-state index contributed by atoms with van der Waals surface area (Å²) in [6, 6.07) is 22.2. The summed E-state index contributed by atoms with van der Waals surface area (Å²) >= 11 is 24.6. The number of ketones is 2. The van der Waals surface area contributed by atoms with Crippen molar-refractivity contribution in [1.82, 2.24) is 0 Å². The van der Waals surface area contributed by atoms with Crippen LogP contribution in [0.4, 0.5) is 34.1 Å². The predicted molar refractivity (Wildman–Crippen MR) is 255 cm³/mol. The Morgan fingerprint density at radius 2 is 0.909 bits per heavy atom. The zero-order valence-corrected chi connectivity index (χ0v) is 38.8. The fourth-order valence-electron chi connectivity index (χ4n) is 6.18. The smallest absolute Gasteiger partial charge is 0.258 e. The summed E-state index contributed by atoms with van der Waals surface area (Å²) in [7, 11) is 2.59. The summed E-state index contributed by atoms with van der Waals surface area (Å²) in [5, 5.41) is 27.1. The lowest BCUT2D eigenvalue weighted by molar-refractivity contribution is -0.127. The fraction of sp³-hybridized carbons (Fsp3) is 0.217. The first-order chi connectivity index (χ1) is 31.7. The monoisotopic (exact) mass is 974 g/mol. The number of benzene rings is 5. The van der Waals surface area contributed by atoms with Crippen LogP contribution in [0.1, 0.15) is 45.7 Å². The number of rotatable bonds is 20. The Morgan fingerprint density at radius 3 is 1.26 bits per heavy atom. The Hall–Kier alpha value is -6.72. The summed E-state index contributed by atoms with van der Waals surface area (Å²) < 4.78 is 11.0. The van der Waals surface area contributed by atoms with E-state index in [2.05, 4.69) is 41.7 Å². The minimum Gasteiger partial charge on any atom is -0.494 e. The zero-order chi connectivity index (χ0) is 47.9. The summed E-state index contributed by atoms with van der Waals surface area (Å²) in [5.74, 6) is -3.47. The maximum absolute atomic E-state index is 13.5. The van der Waals surface area contributed by atoms with Crippen LogP contribution in [-0.4, -0.2) is 73.3 Å². The molecule has 0 radical (unpaired) electrons. The molecular weight excluding hydrogens is 934 g/mol. The molecule has 0 saturated heterocycles. The number of ether oxygens (including phenoxy) is 2. The van der Waals surface area contributed by atoms with Crippen molar-refractivity contribution >= 4 is 116 Å². The van der Waals surface area contributed by atoms with Gasteiger partial charge in [-0.25, -0.2) is 0 Å². The number of anilines is 4. The molecule has 5 aromatic rings. The lowest BCUT2D eigenvalue weighted by Gasteiger charge is -2.18. The standard InChI is InChI=1S/C46H42Cl4N8O8/c1-25(59)41(57-55-29-13-15-33(49)31(21-29)43(61)51-35-11-7-5-9-27(35)17-19-47)45(63)53-37-23-40(66-4)38(24-39(37)65-3)54-46(64)42(26(2)60)58-56-30-14-16-34(50)32(22-30)44(62)52-36-12-8-6-10-28(36)18-20-48/h5-16,21-24,41-42H,17-20H2,1-4H3,(H,51,61)(H,52,62)(H,53,63)(H,54,64). The highest BCUT2D eigenvalue weighted by atomic mass is 35.5. The van der Waals surface area contributed by atoms with E-state index in [1.165, 1.54) is 62.8 Å². The number of methoxy groups -OCH3 is 2. The van der Waals surface area contributed by atoms with Gasteiger partial charge in [0.05, 0.1) is 58.1 Å². The molecule has 16 nitrogen and oxygen atoms in total. The second-order valence-electron chi connectivity index (χ2n) is 14.1. The third-order valence-corrected chi connectivity index (χ3v) is 10.6. The van der Waals surface area contributed by atoms with E-state index >= 15 is 0 Å². The van der Waals surface area contributed by atoms with Crippen LogP contribution in [0, 0.1) is 0 Å². The van der Waals surface area contributed by atoms with Gasteiger partial charge < -0.3 is 30.7 Å². The number of hydrogen-bond donors (Lipinski definition) is 4. The van der Waals surface area contributed by atoms with Crippen LogP contribution in [0.15, 0.2) is 118 Å². The van der Waals surface area contributed by atoms with Crippen LogP contribution in [0.2, 0.25) is 10.0 Å². The topological polar surface area (TPSA) is 218 Å². The van der Waals surface area contributed by atoms with Crippen LogP contribution >= 0.6 is 46.4 Å². The molecular formula is C46H42Cl4N8O8. The van der Waals surface area contributed by atoms with Gasteiger partial charge in [-0.15, -0.1) is 23.2 Å². The number of nitrogens with one attached hydrogen (secondary N) is 4. The number of nitrogens with zero attached hydrogens (tertiary/aromatic N) is 4. The van der Waals surface area contributed by atoms with Crippen molar-refractivity contribution in [1.29, 1.82) is 0 Å². The number of Topliss-reactive ketones (excluding diaryl/α,β-unsaturated/α-hetero) is 2. The van der Waals surface area contributed by atoms with Gasteiger partial charge in [0, 0.05) is 35.3 Å². The number of aryl methyl sites for hydroxylation is 2. The SMILES string of the molecule is COc1cc(NC(=O)C(N=Nc2ccc(Cl)c(C(=O)Nc3ccccc3CCCl)c2)C(C)=O)c(OC)cc1NC(=O)C(N=Nc1ccc(Cl)c(C(=O)Nc2ccccc2CCCl)c1)C(C)=O. The van der Waals surface area contributed by atoms with Gasteiger partial charge in [-0.05, 0) is 86.3 Å². The third-order valence-electron chi connectivity index (χ3n) is 9.53. The van der Waals surface area contributed by atoms with E-state index < -0.39 is 47.3 Å². The molecule has 0 aliphatic carbocycles. The first-order valence-corrected chi connectivity index (χ1v) is 21.7. The first-order valence-electron chi connectivity index (χ1n) is 19.9. The summed E-state index contributed by atoms with van der Waals surface area (Å²) in [5.41, 5.74) is 3.19. The Bertz CT molecular complexity index is 2530. The zero-order valence-electron chi connectivity index (χ0n) is 35.8. The lowest BCUT2D eigenvalue weighted by atomic mass is 10.1. The minimum absolute atomic E-state index is 0.0120. The van der Waals surface area contributed by atoms with Gasteiger partial charge in [-0.3, -0.25) is 28.8 Å². The van der Waals surface area contributed by atoms with Crippen LogP contribution in [0.5, 0.6) is 11.5 Å². The highest BCUT2D eigenvalue weighted by molar-refractivity contribution is 6.35. The average molecular weight is 977 g/mol. The number of amides is 4. The van der Waals surface area contributed by atoms with Crippen LogP contribution < -0.4 is 30.7 Å². The summed E-state index contributed by atoms with van der Waals surface area (Å²) in [6.45, 7) is 2.30. The number of halogens is 4. The van der Waals surface area contributed by atoms with Gasteiger partial charge in [0.1, 0.15) is 11.5 Å². The van der Waals surface area contributed by atoms with Crippen LogP contribution in [0.25, 0.3) is 0 Å². The van der Waals surface area contributed by atoms with E-state index in [1.807, 2.05) is 24.3 Å². The van der Waals surface area contributed by atoms with Gasteiger partial charge in [0.2, 0.25) is 12.1 Å². The summed E-state index contributed by atoms with van der Waals surface area (Å²) in [6.07, 6.45) is 1.05. The van der Waals surface area contributed by atoms with Gasteiger partial charge in [-0.1, -0.05) is 59.6 Å². The maximum Gasteiger partial charge on any atom is 0.258 e. The number of hydrogen-bond acceptors (Lipinski definition) is 12. The van der Waals surface area contributed by atoms with Gasteiger partial charge >= 0.3 is 0 Å². The predicted octanol–water partition coefficient (Wildman–Crippen LogP) is 10.4. The Balaban J connectivity index is 1.30. The molecule has 0 bridgehead atoms. The number of carbonyl (C=O) groups is 6. The van der Waals surface area contributed by atoms with E-state index in [0.29, 0.717) is 36.0 Å². The molecule has 0 aliphatic rings. The first kappa shape index (κ1) is 50.3. The molecule has 0 aliphatic heterocycles. The van der Waals surface area contributed by atoms with Gasteiger partial charge in [0.25, 0.3) is 23.6 Å². The molecule has 4 amide bonds. The Labute approximate surface area is 399 Å². The largest absolute Gasteiger partial charge is 0.494 e. The van der Waals surface area contributed by atoms with Crippen molar-refractivity contribution in [3.05, 3.63) is 129 Å². The van der Waals surface area contributed by atoms with Crippen LogP contribution in [-0.2, 0) is 32.0 Å². The van der Waals surface area contributed by atoms with Crippen molar-refractivity contribution in [2.24, 2.45) is 20.5 Å². The van der Waals surface area contributed by atoms with Crippen LogP contribution in [0.3, 0.4) is 0 Å². The number of carbonyl (C=O) groups excluding carboxylic acids is 6. The van der Waals surface area contributed by atoms with Crippen molar-refractivity contribution in [3.8, 4) is 11.5 Å². The molecule has 0 saturated carbocycles. The molecule has 0 spiro atoms. The minimum atomic E-state index is -1.65. The molecule has 2 unspecified atom stereocenters. The summed E-state index contributed by atoms with van der Waals surface area (Å²) in [4.78, 5) is 79.0. The van der Waals surface area contributed by atoms with Crippen molar-refractivity contribution < 1.29 is 38.2 Å². The molecule has 2 atom stereocenters. The second kappa shape index (κ2) is 24.0. The van der Waals surface area contributed by atoms with E-state index in [-0.39, 0.29) is 55.4 Å². The van der Waals surface area contributed by atoms with Crippen molar-refractivity contribution in [2.75, 3.05) is 47.2 Å². The van der Waals surface area contributed by atoms with E-state index in [1.54, 1.807) is 24.3 Å². The molecule has 4 N–H and O–H groups in total. The molecule has 5 rings (SSSR count).